The third kappa shape index (κ3) is 4.25. The molecule has 0 spiro atoms. The largest absolute Gasteiger partial charge is 0.375 e. The Labute approximate surface area is 139 Å². The molecule has 23 heavy (non-hydrogen) atoms. The Kier molecular flexibility index (Phi) is 5.55. The maximum absolute atomic E-state index is 12.3. The van der Waals surface area contributed by atoms with E-state index in [-0.39, 0.29) is 11.9 Å². The van der Waals surface area contributed by atoms with E-state index in [1.807, 2.05) is 6.07 Å². The zero-order chi connectivity index (χ0) is 16.1. The summed E-state index contributed by atoms with van der Waals surface area (Å²) in [5.41, 5.74) is 1.22. The van der Waals surface area contributed by atoms with Crippen LogP contribution < -0.4 is 15.5 Å². The first kappa shape index (κ1) is 16.3. The number of nitrogens with one attached hydrogen (secondary N) is 2. The molecule has 1 aliphatic carbocycles. The van der Waals surface area contributed by atoms with Crippen molar-refractivity contribution in [3.05, 3.63) is 30.3 Å². The van der Waals surface area contributed by atoms with Crippen LogP contribution in [0.4, 0.5) is 5.69 Å². The number of carbonyl (C=O) groups excluding carboxylic acids is 1. The Morgan fingerprint density at radius 2 is 2.04 bits per heavy atom. The highest BCUT2D eigenvalue weighted by Crippen LogP contribution is 2.33. The molecule has 1 aliphatic heterocycles. The molecular formula is C19H29N3O. The molecule has 1 saturated carbocycles. The minimum Gasteiger partial charge on any atom is -0.375 e. The fourth-order valence-electron chi connectivity index (χ4n) is 3.98. The molecule has 126 valence electrons. The van der Waals surface area contributed by atoms with Crippen molar-refractivity contribution in [2.75, 3.05) is 25.0 Å². The van der Waals surface area contributed by atoms with Crippen LogP contribution in [0, 0.1) is 5.92 Å². The fourth-order valence-corrected chi connectivity index (χ4v) is 3.98. The van der Waals surface area contributed by atoms with E-state index in [2.05, 4.69) is 46.8 Å². The van der Waals surface area contributed by atoms with Gasteiger partial charge in [0.15, 0.2) is 0 Å². The zero-order valence-corrected chi connectivity index (χ0v) is 14.1. The number of hydrogen-bond acceptors (Lipinski definition) is 3. The van der Waals surface area contributed by atoms with E-state index in [9.17, 15) is 4.79 Å². The summed E-state index contributed by atoms with van der Waals surface area (Å²) in [7, 11) is 2.10. The van der Waals surface area contributed by atoms with Gasteiger partial charge in [-0.1, -0.05) is 31.0 Å². The van der Waals surface area contributed by atoms with E-state index in [1.165, 1.54) is 31.4 Å². The summed E-state index contributed by atoms with van der Waals surface area (Å²) in [5, 5.41) is 6.66. The van der Waals surface area contributed by atoms with Crippen molar-refractivity contribution < 1.29 is 4.79 Å². The van der Waals surface area contributed by atoms with Gasteiger partial charge in [0.05, 0.1) is 6.04 Å². The van der Waals surface area contributed by atoms with E-state index in [0.29, 0.717) is 6.04 Å². The summed E-state index contributed by atoms with van der Waals surface area (Å²) in [6.45, 7) is 1.71. The summed E-state index contributed by atoms with van der Waals surface area (Å²) >= 11 is 0. The fraction of sp³-hybridized carbons (Fsp3) is 0.632. The van der Waals surface area contributed by atoms with E-state index in [0.717, 1.165) is 31.8 Å². The molecule has 0 bridgehead atoms. The number of nitrogens with zero attached hydrogens (tertiary/aromatic N) is 1. The summed E-state index contributed by atoms with van der Waals surface area (Å²) in [5.74, 6) is 0.922. The molecule has 1 aromatic rings. The lowest BCUT2D eigenvalue weighted by atomic mass is 9.85. The second kappa shape index (κ2) is 7.82. The number of amides is 1. The molecule has 0 aromatic heterocycles. The molecule has 3 rings (SSSR count). The van der Waals surface area contributed by atoms with Gasteiger partial charge in [0, 0.05) is 31.9 Å². The molecule has 1 aromatic carbocycles. The molecule has 1 heterocycles. The van der Waals surface area contributed by atoms with Gasteiger partial charge in [0.1, 0.15) is 0 Å². The third-order valence-electron chi connectivity index (χ3n) is 5.35. The van der Waals surface area contributed by atoms with Crippen LogP contribution in [-0.2, 0) is 4.79 Å². The lowest BCUT2D eigenvalue weighted by Gasteiger charge is -2.24. The topological polar surface area (TPSA) is 44.4 Å². The van der Waals surface area contributed by atoms with Gasteiger partial charge in [-0.2, -0.15) is 0 Å². The van der Waals surface area contributed by atoms with Gasteiger partial charge in [-0.15, -0.1) is 0 Å². The molecule has 3 unspecified atom stereocenters. The maximum atomic E-state index is 12.3. The Bertz CT molecular complexity index is 491. The zero-order valence-electron chi connectivity index (χ0n) is 14.1. The molecule has 1 amide bonds. The highest BCUT2D eigenvalue weighted by molar-refractivity contribution is 5.82. The van der Waals surface area contributed by atoms with Gasteiger partial charge in [-0.3, -0.25) is 4.79 Å². The number of hydrogen-bond donors (Lipinski definition) is 2. The van der Waals surface area contributed by atoms with E-state index in [4.69, 9.17) is 0 Å². The molecule has 0 radical (unpaired) electrons. The molecule has 1 saturated heterocycles. The van der Waals surface area contributed by atoms with Crippen molar-refractivity contribution in [2.45, 2.75) is 50.6 Å². The van der Waals surface area contributed by atoms with Gasteiger partial charge in [0.2, 0.25) is 5.91 Å². The van der Waals surface area contributed by atoms with Crippen molar-refractivity contribution in [3.63, 3.8) is 0 Å². The van der Waals surface area contributed by atoms with Crippen LogP contribution in [0.15, 0.2) is 30.3 Å². The van der Waals surface area contributed by atoms with Crippen LogP contribution in [0.5, 0.6) is 0 Å². The average Bonchev–Trinajstić information content (AvgIpc) is 3.03. The molecular weight excluding hydrogens is 286 g/mol. The maximum Gasteiger partial charge on any atom is 0.237 e. The third-order valence-corrected chi connectivity index (χ3v) is 5.35. The van der Waals surface area contributed by atoms with Crippen molar-refractivity contribution in [1.29, 1.82) is 0 Å². The van der Waals surface area contributed by atoms with Gasteiger partial charge in [-0.05, 0) is 43.7 Å². The van der Waals surface area contributed by atoms with E-state index < -0.39 is 0 Å². The molecule has 4 nitrogen and oxygen atoms in total. The quantitative estimate of drug-likeness (QED) is 0.793. The monoisotopic (exact) mass is 315 g/mol. The van der Waals surface area contributed by atoms with E-state index in [1.54, 1.807) is 0 Å². The second-order valence-corrected chi connectivity index (χ2v) is 7.01. The van der Waals surface area contributed by atoms with Crippen molar-refractivity contribution in [3.8, 4) is 0 Å². The van der Waals surface area contributed by atoms with Crippen LogP contribution >= 0.6 is 0 Å². The number of fused-ring (bicyclic) bond motifs is 1. The molecule has 2 aliphatic rings. The van der Waals surface area contributed by atoms with Gasteiger partial charge >= 0.3 is 0 Å². The summed E-state index contributed by atoms with van der Waals surface area (Å²) in [4.78, 5) is 14.5. The smallest absolute Gasteiger partial charge is 0.237 e. The number of para-hydroxylation sites is 1. The van der Waals surface area contributed by atoms with Gasteiger partial charge in [-0.25, -0.2) is 0 Å². The Morgan fingerprint density at radius 1 is 1.26 bits per heavy atom. The van der Waals surface area contributed by atoms with Crippen LogP contribution in [-0.4, -0.2) is 38.1 Å². The minimum atomic E-state index is 0.0370. The minimum absolute atomic E-state index is 0.0370. The van der Waals surface area contributed by atoms with Gasteiger partial charge in [0.25, 0.3) is 0 Å². The van der Waals surface area contributed by atoms with Crippen LogP contribution in [0.3, 0.4) is 0 Å². The number of rotatable bonds is 6. The standard InChI is InChI=1S/C19H29N3O/c1-22(16-9-3-2-4-10-16)13-7-12-20-19(23)18-14-15-8-5-6-11-17(15)21-18/h2-4,9-10,15,17-18,21H,5-8,11-14H2,1H3,(H,20,23). The summed E-state index contributed by atoms with van der Waals surface area (Å²) in [6, 6.07) is 11.0. The van der Waals surface area contributed by atoms with Crippen LogP contribution in [0.25, 0.3) is 0 Å². The van der Waals surface area contributed by atoms with E-state index >= 15 is 0 Å². The normalized spacial score (nSPS) is 26.6. The second-order valence-electron chi connectivity index (χ2n) is 7.01. The molecule has 3 atom stereocenters. The lowest BCUT2D eigenvalue weighted by molar-refractivity contribution is -0.122. The predicted molar refractivity (Wildman–Crippen MR) is 94.6 cm³/mol. The summed E-state index contributed by atoms with van der Waals surface area (Å²) < 4.78 is 0. The predicted octanol–water partition coefficient (Wildman–Crippen LogP) is 2.55. The Balaban J connectivity index is 1.35. The first-order valence-electron chi connectivity index (χ1n) is 9.04. The Morgan fingerprint density at radius 3 is 2.83 bits per heavy atom. The van der Waals surface area contributed by atoms with Crippen LogP contribution in [0.2, 0.25) is 0 Å². The van der Waals surface area contributed by atoms with Crippen molar-refractivity contribution >= 4 is 11.6 Å². The Hall–Kier alpha value is -1.55. The van der Waals surface area contributed by atoms with Gasteiger partial charge < -0.3 is 15.5 Å². The van der Waals surface area contributed by atoms with Crippen molar-refractivity contribution in [1.82, 2.24) is 10.6 Å². The SMILES string of the molecule is CN(CCCNC(=O)C1CC2CCCCC2N1)c1ccccc1. The molecule has 2 fully saturated rings. The molecule has 2 N–H and O–H groups in total. The number of carbonyl (C=O) groups is 1. The average molecular weight is 315 g/mol. The van der Waals surface area contributed by atoms with Crippen molar-refractivity contribution in [2.24, 2.45) is 5.92 Å². The molecule has 4 heteroatoms. The summed E-state index contributed by atoms with van der Waals surface area (Å²) in [6.07, 6.45) is 7.19. The van der Waals surface area contributed by atoms with Crippen LogP contribution in [0.1, 0.15) is 38.5 Å². The first-order chi connectivity index (χ1) is 11.2. The number of anilines is 1. The highest BCUT2D eigenvalue weighted by atomic mass is 16.2. The number of benzene rings is 1. The highest BCUT2D eigenvalue weighted by Gasteiger charge is 2.37. The first-order valence-corrected chi connectivity index (χ1v) is 9.04. The lowest BCUT2D eigenvalue weighted by Crippen LogP contribution is -2.43.